The maximum atomic E-state index is 12.6. The second-order valence-electron chi connectivity index (χ2n) is 5.20. The van der Waals surface area contributed by atoms with Gasteiger partial charge in [0.15, 0.2) is 0 Å². The molecule has 3 heteroatoms. The second kappa shape index (κ2) is 6.58. The lowest BCUT2D eigenvalue weighted by Crippen LogP contribution is -2.28. The molecule has 1 amide bonds. The van der Waals surface area contributed by atoms with E-state index in [1.54, 1.807) is 11.3 Å². The molecule has 3 aromatic rings. The molecule has 0 spiro atoms. The number of hydrogen-bond donors (Lipinski definition) is 1. The molecule has 2 aromatic carbocycles. The zero-order chi connectivity index (χ0) is 15.4. The van der Waals surface area contributed by atoms with Crippen molar-refractivity contribution in [3.63, 3.8) is 0 Å². The van der Waals surface area contributed by atoms with Crippen molar-refractivity contribution < 1.29 is 4.79 Å². The summed E-state index contributed by atoms with van der Waals surface area (Å²) in [6.07, 6.45) is 0. The van der Waals surface area contributed by atoms with Crippen LogP contribution in [0.25, 0.3) is 0 Å². The number of thiophene rings is 1. The Morgan fingerprint density at radius 2 is 1.82 bits per heavy atom. The van der Waals surface area contributed by atoms with Crippen LogP contribution >= 0.6 is 11.3 Å². The quantitative estimate of drug-likeness (QED) is 0.751. The summed E-state index contributed by atoms with van der Waals surface area (Å²) in [5.41, 5.74) is 2.86. The zero-order valence-corrected chi connectivity index (χ0v) is 13.1. The molecule has 0 aliphatic rings. The Kier molecular flexibility index (Phi) is 4.35. The van der Waals surface area contributed by atoms with E-state index in [9.17, 15) is 4.79 Å². The Hall–Kier alpha value is -2.39. The van der Waals surface area contributed by atoms with Gasteiger partial charge in [-0.05, 0) is 36.1 Å². The number of carbonyl (C=O) groups is 1. The highest BCUT2D eigenvalue weighted by atomic mass is 32.1. The number of nitrogens with one attached hydrogen (secondary N) is 1. The molecular weight excluding hydrogens is 290 g/mol. The lowest BCUT2D eigenvalue weighted by Gasteiger charge is -2.18. The minimum absolute atomic E-state index is 0.0500. The lowest BCUT2D eigenvalue weighted by molar-refractivity contribution is 0.0943. The summed E-state index contributed by atoms with van der Waals surface area (Å²) in [4.78, 5) is 13.7. The van der Waals surface area contributed by atoms with Gasteiger partial charge in [0.1, 0.15) is 0 Å². The molecule has 22 heavy (non-hydrogen) atoms. The van der Waals surface area contributed by atoms with E-state index in [0.29, 0.717) is 5.56 Å². The maximum Gasteiger partial charge on any atom is 0.252 e. The van der Waals surface area contributed by atoms with Gasteiger partial charge >= 0.3 is 0 Å². The van der Waals surface area contributed by atoms with Crippen LogP contribution in [0.2, 0.25) is 0 Å². The topological polar surface area (TPSA) is 29.1 Å². The summed E-state index contributed by atoms with van der Waals surface area (Å²) >= 11 is 1.65. The van der Waals surface area contributed by atoms with Gasteiger partial charge in [-0.3, -0.25) is 4.79 Å². The number of rotatable bonds is 4. The SMILES string of the molecule is Cc1cccc(C(=O)N[C@H](c2ccccc2)c2cccs2)c1. The fraction of sp³-hybridized carbons (Fsp3) is 0.105. The van der Waals surface area contributed by atoms with Crippen molar-refractivity contribution in [3.05, 3.63) is 93.7 Å². The monoisotopic (exact) mass is 307 g/mol. The van der Waals surface area contributed by atoms with E-state index < -0.39 is 0 Å². The van der Waals surface area contributed by atoms with Gasteiger partial charge in [0.05, 0.1) is 6.04 Å². The molecule has 0 saturated carbocycles. The fourth-order valence-corrected chi connectivity index (χ4v) is 3.22. The van der Waals surface area contributed by atoms with Crippen molar-refractivity contribution in [1.82, 2.24) is 5.32 Å². The second-order valence-corrected chi connectivity index (χ2v) is 6.18. The van der Waals surface area contributed by atoms with Crippen molar-refractivity contribution in [3.8, 4) is 0 Å². The van der Waals surface area contributed by atoms with E-state index in [1.165, 1.54) is 0 Å². The summed E-state index contributed by atoms with van der Waals surface area (Å²) in [5, 5.41) is 5.18. The van der Waals surface area contributed by atoms with E-state index in [4.69, 9.17) is 0 Å². The smallest absolute Gasteiger partial charge is 0.252 e. The Bertz CT molecular complexity index is 750. The highest BCUT2D eigenvalue weighted by Gasteiger charge is 2.18. The largest absolute Gasteiger partial charge is 0.340 e. The van der Waals surface area contributed by atoms with Crippen molar-refractivity contribution in [2.45, 2.75) is 13.0 Å². The Morgan fingerprint density at radius 1 is 1.00 bits per heavy atom. The van der Waals surface area contributed by atoms with Gasteiger partial charge in [-0.15, -0.1) is 11.3 Å². The Morgan fingerprint density at radius 3 is 2.50 bits per heavy atom. The molecule has 0 saturated heterocycles. The van der Waals surface area contributed by atoms with Crippen molar-refractivity contribution in [2.24, 2.45) is 0 Å². The molecular formula is C19H17NOS. The first-order valence-electron chi connectivity index (χ1n) is 7.20. The first kappa shape index (κ1) is 14.5. The number of aryl methyl sites for hydroxylation is 1. The predicted octanol–water partition coefficient (Wildman–Crippen LogP) is 4.58. The third kappa shape index (κ3) is 3.26. The summed E-state index contributed by atoms with van der Waals surface area (Å²) in [6, 6.07) is 21.7. The average molecular weight is 307 g/mol. The predicted molar refractivity (Wildman–Crippen MR) is 91.2 cm³/mol. The number of hydrogen-bond acceptors (Lipinski definition) is 2. The van der Waals surface area contributed by atoms with Gasteiger partial charge in [0, 0.05) is 10.4 Å². The van der Waals surface area contributed by atoms with Crippen LogP contribution in [0.1, 0.15) is 32.4 Å². The zero-order valence-electron chi connectivity index (χ0n) is 12.3. The molecule has 0 radical (unpaired) electrons. The van der Waals surface area contributed by atoms with E-state index >= 15 is 0 Å². The van der Waals surface area contributed by atoms with Gasteiger partial charge in [-0.1, -0.05) is 54.1 Å². The van der Waals surface area contributed by atoms with Crippen LogP contribution in [-0.2, 0) is 0 Å². The minimum atomic E-state index is -0.116. The molecule has 110 valence electrons. The third-order valence-electron chi connectivity index (χ3n) is 3.52. The van der Waals surface area contributed by atoms with Crippen LogP contribution in [0.15, 0.2) is 72.1 Å². The van der Waals surface area contributed by atoms with Gasteiger partial charge in [0.2, 0.25) is 0 Å². The van der Waals surface area contributed by atoms with Crippen molar-refractivity contribution in [2.75, 3.05) is 0 Å². The molecule has 1 aromatic heterocycles. The van der Waals surface area contributed by atoms with Crippen LogP contribution in [0.4, 0.5) is 0 Å². The third-order valence-corrected chi connectivity index (χ3v) is 4.45. The highest BCUT2D eigenvalue weighted by molar-refractivity contribution is 7.10. The Balaban J connectivity index is 1.89. The fourth-order valence-electron chi connectivity index (χ4n) is 2.42. The van der Waals surface area contributed by atoms with Crippen molar-refractivity contribution >= 4 is 17.2 Å². The maximum absolute atomic E-state index is 12.6. The van der Waals surface area contributed by atoms with E-state index in [0.717, 1.165) is 16.0 Å². The number of benzene rings is 2. The van der Waals surface area contributed by atoms with E-state index in [1.807, 2.05) is 73.0 Å². The Labute approximate surface area is 134 Å². The van der Waals surface area contributed by atoms with E-state index in [2.05, 4.69) is 11.4 Å². The minimum Gasteiger partial charge on any atom is -0.340 e. The molecule has 0 aliphatic heterocycles. The van der Waals surface area contributed by atoms with Crippen LogP contribution in [0.5, 0.6) is 0 Å². The first-order chi connectivity index (χ1) is 10.7. The first-order valence-corrected chi connectivity index (χ1v) is 8.08. The summed E-state index contributed by atoms with van der Waals surface area (Å²) in [5.74, 6) is -0.0500. The van der Waals surface area contributed by atoms with Crippen LogP contribution < -0.4 is 5.32 Å². The molecule has 0 bridgehead atoms. The molecule has 3 rings (SSSR count). The van der Waals surface area contributed by atoms with E-state index in [-0.39, 0.29) is 11.9 Å². The summed E-state index contributed by atoms with van der Waals surface area (Å²) < 4.78 is 0. The summed E-state index contributed by atoms with van der Waals surface area (Å²) in [7, 11) is 0. The van der Waals surface area contributed by atoms with Gasteiger partial charge < -0.3 is 5.32 Å². The van der Waals surface area contributed by atoms with Crippen LogP contribution in [0, 0.1) is 6.92 Å². The normalized spacial score (nSPS) is 11.9. The molecule has 2 nitrogen and oxygen atoms in total. The standard InChI is InChI=1S/C19H17NOS/c1-14-7-5-10-16(13-14)19(21)20-18(17-11-6-12-22-17)15-8-3-2-4-9-15/h2-13,18H,1H3,(H,20,21)/t18-/m1/s1. The number of amides is 1. The van der Waals surface area contributed by atoms with Crippen LogP contribution in [-0.4, -0.2) is 5.91 Å². The molecule has 0 fully saturated rings. The molecule has 1 N–H and O–H groups in total. The van der Waals surface area contributed by atoms with Gasteiger partial charge in [0.25, 0.3) is 5.91 Å². The molecule has 0 aliphatic carbocycles. The van der Waals surface area contributed by atoms with Crippen molar-refractivity contribution in [1.29, 1.82) is 0 Å². The molecule has 0 unspecified atom stereocenters. The lowest BCUT2D eigenvalue weighted by atomic mass is 10.0. The van der Waals surface area contributed by atoms with Crippen LogP contribution in [0.3, 0.4) is 0 Å². The molecule has 1 heterocycles. The van der Waals surface area contributed by atoms with Gasteiger partial charge in [-0.25, -0.2) is 0 Å². The highest BCUT2D eigenvalue weighted by Crippen LogP contribution is 2.26. The number of carbonyl (C=O) groups excluding carboxylic acids is 1. The average Bonchev–Trinajstić information content (AvgIpc) is 3.07. The molecule has 1 atom stereocenters. The van der Waals surface area contributed by atoms with Gasteiger partial charge in [-0.2, -0.15) is 0 Å². The summed E-state index contributed by atoms with van der Waals surface area (Å²) in [6.45, 7) is 1.99.